The van der Waals surface area contributed by atoms with Crippen molar-refractivity contribution in [3.05, 3.63) is 35.4 Å². The standard InChI is InChI=1S/C9H12N2O2/c10-6-5-7-1-3-8(4-2-7)9(12)11-13/h1-4,13H,5-6,10H2,(H,11,12). The Labute approximate surface area is 76.3 Å². The van der Waals surface area contributed by atoms with E-state index in [9.17, 15) is 4.79 Å². The molecule has 4 N–H and O–H groups in total. The molecule has 0 spiro atoms. The second kappa shape index (κ2) is 4.59. The van der Waals surface area contributed by atoms with Gasteiger partial charge in [0.15, 0.2) is 0 Å². The molecule has 70 valence electrons. The molecule has 0 saturated heterocycles. The molecule has 0 saturated carbocycles. The maximum Gasteiger partial charge on any atom is 0.274 e. The van der Waals surface area contributed by atoms with Crippen LogP contribution >= 0.6 is 0 Å². The van der Waals surface area contributed by atoms with E-state index in [2.05, 4.69) is 0 Å². The van der Waals surface area contributed by atoms with Crippen molar-refractivity contribution in [3.8, 4) is 0 Å². The predicted octanol–water partition coefficient (Wildman–Crippen LogP) is 0.307. The second-order valence-corrected chi connectivity index (χ2v) is 2.68. The van der Waals surface area contributed by atoms with E-state index in [1.165, 1.54) is 0 Å². The molecule has 1 aromatic rings. The Morgan fingerprint density at radius 3 is 2.46 bits per heavy atom. The molecule has 13 heavy (non-hydrogen) atoms. The van der Waals surface area contributed by atoms with Gasteiger partial charge in [0.05, 0.1) is 0 Å². The van der Waals surface area contributed by atoms with Gasteiger partial charge in [0, 0.05) is 5.56 Å². The van der Waals surface area contributed by atoms with Crippen molar-refractivity contribution >= 4 is 5.91 Å². The largest absolute Gasteiger partial charge is 0.330 e. The van der Waals surface area contributed by atoms with Gasteiger partial charge in [0.1, 0.15) is 0 Å². The number of benzene rings is 1. The van der Waals surface area contributed by atoms with Crippen LogP contribution in [0.4, 0.5) is 0 Å². The molecule has 0 radical (unpaired) electrons. The van der Waals surface area contributed by atoms with E-state index in [1.54, 1.807) is 17.6 Å². The minimum atomic E-state index is -0.501. The molecule has 0 unspecified atom stereocenters. The SMILES string of the molecule is NCCc1ccc(C(=O)NO)cc1. The normalized spacial score (nSPS) is 9.69. The van der Waals surface area contributed by atoms with Gasteiger partial charge in [0.2, 0.25) is 0 Å². The predicted molar refractivity (Wildman–Crippen MR) is 48.5 cm³/mol. The fourth-order valence-electron chi connectivity index (χ4n) is 1.05. The number of hydrogen-bond donors (Lipinski definition) is 3. The summed E-state index contributed by atoms with van der Waals surface area (Å²) >= 11 is 0. The molecule has 0 aliphatic heterocycles. The van der Waals surface area contributed by atoms with Gasteiger partial charge >= 0.3 is 0 Å². The van der Waals surface area contributed by atoms with Gasteiger partial charge in [-0.1, -0.05) is 12.1 Å². The summed E-state index contributed by atoms with van der Waals surface area (Å²) in [5, 5.41) is 8.34. The van der Waals surface area contributed by atoms with Crippen LogP contribution in [0.25, 0.3) is 0 Å². The minimum absolute atomic E-state index is 0.434. The van der Waals surface area contributed by atoms with E-state index in [4.69, 9.17) is 10.9 Å². The van der Waals surface area contributed by atoms with E-state index in [-0.39, 0.29) is 0 Å². The number of hydrogen-bond acceptors (Lipinski definition) is 3. The fraction of sp³-hybridized carbons (Fsp3) is 0.222. The molecule has 1 amide bonds. The third-order valence-corrected chi connectivity index (χ3v) is 1.75. The van der Waals surface area contributed by atoms with Crippen molar-refractivity contribution in [2.45, 2.75) is 6.42 Å². The van der Waals surface area contributed by atoms with E-state index in [1.807, 2.05) is 12.1 Å². The Hall–Kier alpha value is -1.39. The number of amides is 1. The summed E-state index contributed by atoms with van der Waals surface area (Å²) in [6.07, 6.45) is 0.793. The van der Waals surface area contributed by atoms with Crippen molar-refractivity contribution < 1.29 is 10.0 Å². The molecule has 1 rings (SSSR count). The van der Waals surface area contributed by atoms with Crippen LogP contribution in [0.5, 0.6) is 0 Å². The highest BCUT2D eigenvalue weighted by Gasteiger charge is 2.02. The van der Waals surface area contributed by atoms with Gasteiger partial charge in [-0.15, -0.1) is 0 Å². The van der Waals surface area contributed by atoms with Crippen molar-refractivity contribution in [3.63, 3.8) is 0 Å². The zero-order valence-electron chi connectivity index (χ0n) is 7.16. The lowest BCUT2D eigenvalue weighted by atomic mass is 10.1. The zero-order valence-corrected chi connectivity index (χ0v) is 7.16. The number of hydroxylamine groups is 1. The Morgan fingerprint density at radius 2 is 2.00 bits per heavy atom. The van der Waals surface area contributed by atoms with Crippen LogP contribution in [0.2, 0.25) is 0 Å². The fourth-order valence-corrected chi connectivity index (χ4v) is 1.05. The number of rotatable bonds is 3. The van der Waals surface area contributed by atoms with E-state index < -0.39 is 5.91 Å². The lowest BCUT2D eigenvalue weighted by Crippen LogP contribution is -2.18. The van der Waals surface area contributed by atoms with Gasteiger partial charge in [-0.25, -0.2) is 5.48 Å². The first kappa shape index (κ1) is 9.70. The summed E-state index contributed by atoms with van der Waals surface area (Å²) in [5.74, 6) is -0.501. The molecule has 0 fully saturated rings. The highest BCUT2D eigenvalue weighted by molar-refractivity contribution is 5.93. The first-order valence-corrected chi connectivity index (χ1v) is 4.01. The van der Waals surface area contributed by atoms with Crippen molar-refractivity contribution in [1.29, 1.82) is 0 Å². The highest BCUT2D eigenvalue weighted by Crippen LogP contribution is 2.04. The van der Waals surface area contributed by atoms with Crippen LogP contribution in [0.1, 0.15) is 15.9 Å². The molecular weight excluding hydrogens is 168 g/mol. The van der Waals surface area contributed by atoms with E-state index in [0.717, 1.165) is 12.0 Å². The molecular formula is C9H12N2O2. The van der Waals surface area contributed by atoms with Crippen LogP contribution in [-0.2, 0) is 6.42 Å². The molecule has 0 aliphatic rings. The van der Waals surface area contributed by atoms with Gasteiger partial charge in [-0.05, 0) is 30.7 Å². The third-order valence-electron chi connectivity index (χ3n) is 1.75. The Kier molecular flexibility index (Phi) is 3.42. The average molecular weight is 180 g/mol. The quantitative estimate of drug-likeness (QED) is 0.462. The zero-order chi connectivity index (χ0) is 9.68. The Morgan fingerprint density at radius 1 is 1.38 bits per heavy atom. The number of nitrogens with one attached hydrogen (secondary N) is 1. The van der Waals surface area contributed by atoms with Crippen LogP contribution < -0.4 is 11.2 Å². The highest BCUT2D eigenvalue weighted by atomic mass is 16.5. The van der Waals surface area contributed by atoms with Crippen molar-refractivity contribution in [2.75, 3.05) is 6.54 Å². The van der Waals surface area contributed by atoms with Gasteiger partial charge in [-0.2, -0.15) is 0 Å². The smallest absolute Gasteiger partial charge is 0.274 e. The van der Waals surface area contributed by atoms with Crippen molar-refractivity contribution in [1.82, 2.24) is 5.48 Å². The molecule has 0 aliphatic carbocycles. The van der Waals surface area contributed by atoms with Gasteiger partial charge in [0.25, 0.3) is 5.91 Å². The first-order valence-electron chi connectivity index (χ1n) is 4.01. The lowest BCUT2D eigenvalue weighted by molar-refractivity contribution is 0.0706. The summed E-state index contributed by atoms with van der Waals surface area (Å²) in [5.41, 5.74) is 8.45. The molecule has 0 heterocycles. The molecule has 4 heteroatoms. The van der Waals surface area contributed by atoms with Crippen LogP contribution in [-0.4, -0.2) is 17.7 Å². The summed E-state index contributed by atoms with van der Waals surface area (Å²) in [6.45, 7) is 0.589. The first-order chi connectivity index (χ1) is 6.27. The Balaban J connectivity index is 2.75. The molecule has 0 atom stereocenters. The summed E-state index contributed by atoms with van der Waals surface area (Å²) in [7, 11) is 0. The van der Waals surface area contributed by atoms with Gasteiger partial charge < -0.3 is 5.73 Å². The summed E-state index contributed by atoms with van der Waals surface area (Å²) in [4.78, 5) is 10.9. The molecule has 4 nitrogen and oxygen atoms in total. The molecule has 0 bridgehead atoms. The van der Waals surface area contributed by atoms with Crippen LogP contribution in [0.15, 0.2) is 24.3 Å². The van der Waals surface area contributed by atoms with E-state index in [0.29, 0.717) is 12.1 Å². The average Bonchev–Trinajstić information content (AvgIpc) is 2.18. The summed E-state index contributed by atoms with van der Waals surface area (Å²) < 4.78 is 0. The molecule has 0 aromatic heterocycles. The number of nitrogens with two attached hydrogens (primary N) is 1. The van der Waals surface area contributed by atoms with Crippen LogP contribution in [0.3, 0.4) is 0 Å². The topological polar surface area (TPSA) is 75.4 Å². The minimum Gasteiger partial charge on any atom is -0.330 e. The Bertz CT molecular complexity index is 282. The molecule has 1 aromatic carbocycles. The third kappa shape index (κ3) is 2.54. The van der Waals surface area contributed by atoms with Crippen LogP contribution in [0, 0.1) is 0 Å². The second-order valence-electron chi connectivity index (χ2n) is 2.68. The van der Waals surface area contributed by atoms with Crippen molar-refractivity contribution in [2.24, 2.45) is 5.73 Å². The number of carbonyl (C=O) groups excluding carboxylic acids is 1. The maximum atomic E-state index is 10.9. The van der Waals surface area contributed by atoms with Gasteiger partial charge in [-0.3, -0.25) is 10.0 Å². The number of carbonyl (C=O) groups is 1. The monoisotopic (exact) mass is 180 g/mol. The summed E-state index contributed by atoms with van der Waals surface area (Å²) in [6, 6.07) is 6.93. The lowest BCUT2D eigenvalue weighted by Gasteiger charge is -2.00. The maximum absolute atomic E-state index is 10.9. The van der Waals surface area contributed by atoms with E-state index >= 15 is 0 Å².